The minimum atomic E-state index is 0.532. The third kappa shape index (κ3) is 2.95. The summed E-state index contributed by atoms with van der Waals surface area (Å²) in [5.74, 6) is 0.956. The molecule has 0 saturated heterocycles. The van der Waals surface area contributed by atoms with E-state index in [2.05, 4.69) is 35.5 Å². The first-order valence-corrected chi connectivity index (χ1v) is 7.54. The monoisotopic (exact) mass is 285 g/mol. The van der Waals surface area contributed by atoms with Crippen LogP contribution in [0.4, 0.5) is 0 Å². The Morgan fingerprint density at radius 2 is 2.24 bits per heavy atom. The molecule has 1 N–H and O–H groups in total. The van der Waals surface area contributed by atoms with E-state index in [-0.39, 0.29) is 0 Å². The Hall–Kier alpha value is -1.81. The van der Waals surface area contributed by atoms with Crippen molar-refractivity contribution in [3.8, 4) is 5.75 Å². The molecule has 112 valence electrons. The number of hydrogen-bond acceptors (Lipinski definition) is 3. The summed E-state index contributed by atoms with van der Waals surface area (Å²) in [6.07, 6.45) is 5.37. The van der Waals surface area contributed by atoms with E-state index in [0.717, 1.165) is 25.1 Å². The molecule has 1 aromatic heterocycles. The Balaban J connectivity index is 1.64. The van der Waals surface area contributed by atoms with Gasteiger partial charge in [0.05, 0.1) is 13.3 Å². The minimum absolute atomic E-state index is 0.532. The predicted octanol–water partition coefficient (Wildman–Crippen LogP) is 2.38. The molecule has 1 heterocycles. The van der Waals surface area contributed by atoms with Gasteiger partial charge in [-0.2, -0.15) is 5.10 Å². The Labute approximate surface area is 126 Å². The molecule has 2 aromatic rings. The van der Waals surface area contributed by atoms with Crippen LogP contribution in [0.25, 0.3) is 0 Å². The molecule has 1 aliphatic rings. The number of nitrogens with zero attached hydrogens (tertiary/aromatic N) is 2. The van der Waals surface area contributed by atoms with Crippen molar-refractivity contribution in [3.05, 3.63) is 46.8 Å². The van der Waals surface area contributed by atoms with Gasteiger partial charge in [0.25, 0.3) is 0 Å². The zero-order valence-electron chi connectivity index (χ0n) is 13.0. The van der Waals surface area contributed by atoms with Crippen LogP contribution in [-0.2, 0) is 26.4 Å². The Morgan fingerprint density at radius 1 is 1.38 bits per heavy atom. The van der Waals surface area contributed by atoms with Crippen LogP contribution in [-0.4, -0.2) is 22.9 Å². The highest BCUT2D eigenvalue weighted by molar-refractivity contribution is 5.38. The fourth-order valence-corrected chi connectivity index (χ4v) is 3.01. The van der Waals surface area contributed by atoms with Crippen molar-refractivity contribution in [1.82, 2.24) is 15.1 Å². The summed E-state index contributed by atoms with van der Waals surface area (Å²) in [6.45, 7) is 3.01. The van der Waals surface area contributed by atoms with Crippen molar-refractivity contribution in [2.75, 3.05) is 7.11 Å². The van der Waals surface area contributed by atoms with E-state index in [1.165, 1.54) is 28.8 Å². The SMILES string of the molecule is COc1ccc2c(c1)CC(NCc1cnn(C)c1C)CC2. The summed E-state index contributed by atoms with van der Waals surface area (Å²) >= 11 is 0. The lowest BCUT2D eigenvalue weighted by molar-refractivity contribution is 0.411. The zero-order valence-corrected chi connectivity index (χ0v) is 13.0. The first kappa shape index (κ1) is 14.1. The summed E-state index contributed by atoms with van der Waals surface area (Å²) in [6, 6.07) is 6.98. The lowest BCUT2D eigenvalue weighted by Gasteiger charge is -2.26. The molecule has 3 rings (SSSR count). The molecular weight excluding hydrogens is 262 g/mol. The minimum Gasteiger partial charge on any atom is -0.497 e. The molecule has 4 nitrogen and oxygen atoms in total. The van der Waals surface area contributed by atoms with Gasteiger partial charge in [0, 0.05) is 30.9 Å². The number of rotatable bonds is 4. The van der Waals surface area contributed by atoms with Crippen LogP contribution >= 0.6 is 0 Å². The third-order valence-electron chi connectivity index (χ3n) is 4.56. The molecule has 1 unspecified atom stereocenters. The van der Waals surface area contributed by atoms with Crippen LogP contribution in [0.15, 0.2) is 24.4 Å². The average Bonchev–Trinajstić information content (AvgIpc) is 2.83. The Kier molecular flexibility index (Phi) is 3.97. The average molecular weight is 285 g/mol. The second-order valence-electron chi connectivity index (χ2n) is 5.83. The number of fused-ring (bicyclic) bond motifs is 1. The van der Waals surface area contributed by atoms with Crippen LogP contribution in [0.1, 0.15) is 28.8 Å². The fourth-order valence-electron chi connectivity index (χ4n) is 3.01. The molecule has 0 amide bonds. The number of aromatic nitrogens is 2. The molecule has 0 radical (unpaired) electrons. The number of benzene rings is 1. The van der Waals surface area contributed by atoms with Gasteiger partial charge in [0.15, 0.2) is 0 Å². The molecule has 0 saturated carbocycles. The van der Waals surface area contributed by atoms with E-state index >= 15 is 0 Å². The van der Waals surface area contributed by atoms with Crippen molar-refractivity contribution in [2.24, 2.45) is 7.05 Å². The van der Waals surface area contributed by atoms with Crippen molar-refractivity contribution in [1.29, 1.82) is 0 Å². The maximum atomic E-state index is 5.33. The maximum Gasteiger partial charge on any atom is 0.119 e. The van der Waals surface area contributed by atoms with Gasteiger partial charge < -0.3 is 10.1 Å². The molecule has 0 spiro atoms. The summed E-state index contributed by atoms with van der Waals surface area (Å²) in [5, 5.41) is 7.97. The molecule has 1 aromatic carbocycles. The summed E-state index contributed by atoms with van der Waals surface area (Å²) < 4.78 is 7.26. The Morgan fingerprint density at radius 3 is 2.95 bits per heavy atom. The predicted molar refractivity (Wildman–Crippen MR) is 83.6 cm³/mol. The largest absolute Gasteiger partial charge is 0.497 e. The van der Waals surface area contributed by atoms with E-state index in [1.807, 2.05) is 17.9 Å². The van der Waals surface area contributed by atoms with E-state index in [9.17, 15) is 0 Å². The number of hydrogen-bond donors (Lipinski definition) is 1. The van der Waals surface area contributed by atoms with Crippen LogP contribution in [0.3, 0.4) is 0 Å². The number of nitrogens with one attached hydrogen (secondary N) is 1. The van der Waals surface area contributed by atoms with Gasteiger partial charge in [0.1, 0.15) is 5.75 Å². The highest BCUT2D eigenvalue weighted by atomic mass is 16.5. The number of ether oxygens (including phenoxy) is 1. The molecule has 1 atom stereocenters. The second kappa shape index (κ2) is 5.90. The van der Waals surface area contributed by atoms with Gasteiger partial charge >= 0.3 is 0 Å². The van der Waals surface area contributed by atoms with E-state index < -0.39 is 0 Å². The molecule has 1 aliphatic carbocycles. The van der Waals surface area contributed by atoms with E-state index in [4.69, 9.17) is 4.74 Å². The lowest BCUT2D eigenvalue weighted by Crippen LogP contribution is -2.34. The normalized spacial score (nSPS) is 17.6. The van der Waals surface area contributed by atoms with Gasteiger partial charge in [-0.25, -0.2) is 0 Å². The quantitative estimate of drug-likeness (QED) is 0.937. The van der Waals surface area contributed by atoms with E-state index in [1.54, 1.807) is 7.11 Å². The van der Waals surface area contributed by atoms with Crippen molar-refractivity contribution in [3.63, 3.8) is 0 Å². The Bertz CT molecular complexity index is 633. The highest BCUT2D eigenvalue weighted by Crippen LogP contribution is 2.25. The first-order chi connectivity index (χ1) is 10.2. The van der Waals surface area contributed by atoms with Gasteiger partial charge in [-0.1, -0.05) is 6.07 Å². The molecule has 21 heavy (non-hydrogen) atoms. The van der Waals surface area contributed by atoms with Gasteiger partial charge in [-0.15, -0.1) is 0 Å². The molecule has 0 bridgehead atoms. The maximum absolute atomic E-state index is 5.33. The van der Waals surface area contributed by atoms with Crippen molar-refractivity contribution >= 4 is 0 Å². The van der Waals surface area contributed by atoms with Crippen LogP contribution in [0, 0.1) is 6.92 Å². The van der Waals surface area contributed by atoms with Crippen LogP contribution < -0.4 is 10.1 Å². The standard InChI is InChI=1S/C17H23N3O/c1-12-15(11-19-20(12)2)10-18-16-6-4-13-5-7-17(21-3)9-14(13)8-16/h5,7,9,11,16,18H,4,6,8,10H2,1-3H3. The van der Waals surface area contributed by atoms with Crippen molar-refractivity contribution < 1.29 is 4.74 Å². The fraction of sp³-hybridized carbons (Fsp3) is 0.471. The van der Waals surface area contributed by atoms with E-state index in [0.29, 0.717) is 6.04 Å². The lowest BCUT2D eigenvalue weighted by atomic mass is 9.88. The second-order valence-corrected chi connectivity index (χ2v) is 5.83. The number of methoxy groups -OCH3 is 1. The number of aryl methyl sites for hydroxylation is 2. The summed E-state index contributed by atoms with van der Waals surface area (Å²) in [7, 11) is 3.72. The first-order valence-electron chi connectivity index (χ1n) is 7.54. The topological polar surface area (TPSA) is 39.1 Å². The van der Waals surface area contributed by atoms with Crippen LogP contribution in [0.5, 0.6) is 5.75 Å². The molecule has 4 heteroatoms. The highest BCUT2D eigenvalue weighted by Gasteiger charge is 2.19. The van der Waals surface area contributed by atoms with Gasteiger partial charge in [0.2, 0.25) is 0 Å². The zero-order chi connectivity index (χ0) is 14.8. The van der Waals surface area contributed by atoms with Gasteiger partial charge in [-0.05, 0) is 49.4 Å². The van der Waals surface area contributed by atoms with Gasteiger partial charge in [-0.3, -0.25) is 4.68 Å². The smallest absolute Gasteiger partial charge is 0.119 e. The van der Waals surface area contributed by atoms with Crippen molar-refractivity contribution in [2.45, 2.75) is 38.8 Å². The molecule has 0 fully saturated rings. The van der Waals surface area contributed by atoms with Crippen LogP contribution in [0.2, 0.25) is 0 Å². The summed E-state index contributed by atoms with van der Waals surface area (Å²) in [4.78, 5) is 0. The molecule has 0 aliphatic heterocycles. The summed E-state index contributed by atoms with van der Waals surface area (Å²) in [5.41, 5.74) is 5.40. The third-order valence-corrected chi connectivity index (χ3v) is 4.56. The molecular formula is C17H23N3O.